The molecule has 1 aromatic rings. The largest absolute Gasteiger partial charge is 0.298 e. The molecule has 2 rings (SSSR count). The minimum atomic E-state index is 0.760. The van der Waals surface area contributed by atoms with Gasteiger partial charge in [-0.3, -0.25) is 4.79 Å². The first kappa shape index (κ1) is 9.91. The number of hydrogen-bond donors (Lipinski definition) is 0. The molecule has 0 spiro atoms. The van der Waals surface area contributed by atoms with E-state index in [0.717, 1.165) is 24.7 Å². The zero-order valence-corrected chi connectivity index (χ0v) is 8.86. The highest BCUT2D eigenvalue weighted by Gasteiger charge is 2.04. The molecule has 1 aliphatic rings. The lowest BCUT2D eigenvalue weighted by atomic mass is 10.0. The fourth-order valence-electron chi connectivity index (χ4n) is 1.81. The molecule has 0 unspecified atom stereocenters. The molecule has 0 heterocycles. The lowest BCUT2D eigenvalue weighted by Gasteiger charge is -2.02. The number of allylic oxidation sites excluding steroid dienone is 3. The van der Waals surface area contributed by atoms with Crippen LogP contribution in [0.2, 0.25) is 0 Å². The third kappa shape index (κ3) is 2.07. The number of carbonyl (C=O) groups excluding carboxylic acids is 1. The van der Waals surface area contributed by atoms with Crippen molar-refractivity contribution in [2.24, 2.45) is 0 Å². The molecule has 1 heteroatoms. The number of fused-ring (bicyclic) bond motifs is 1. The molecule has 0 bridgehead atoms. The molecular weight excluding hydrogens is 184 g/mol. The van der Waals surface area contributed by atoms with E-state index in [2.05, 4.69) is 25.2 Å². The first-order chi connectivity index (χ1) is 7.33. The second-order valence-electron chi connectivity index (χ2n) is 3.75. The van der Waals surface area contributed by atoms with E-state index in [0.29, 0.717) is 0 Å². The highest BCUT2D eigenvalue weighted by Crippen LogP contribution is 2.20. The molecule has 1 aliphatic carbocycles. The highest BCUT2D eigenvalue weighted by atomic mass is 16.1. The van der Waals surface area contributed by atoms with Crippen LogP contribution in [0.4, 0.5) is 0 Å². The monoisotopic (exact) mass is 198 g/mol. The molecule has 0 saturated heterocycles. The van der Waals surface area contributed by atoms with Crippen LogP contribution < -0.4 is 0 Å². The topological polar surface area (TPSA) is 17.1 Å². The maximum Gasteiger partial charge on any atom is 0.150 e. The summed E-state index contributed by atoms with van der Waals surface area (Å²) in [5, 5.41) is 0. The van der Waals surface area contributed by atoms with E-state index >= 15 is 0 Å². The van der Waals surface area contributed by atoms with E-state index in [1.54, 1.807) is 0 Å². The van der Waals surface area contributed by atoms with Crippen molar-refractivity contribution in [2.45, 2.75) is 19.8 Å². The molecule has 0 fully saturated rings. The van der Waals surface area contributed by atoms with Gasteiger partial charge in [0.2, 0.25) is 0 Å². The van der Waals surface area contributed by atoms with Crippen LogP contribution in [0.3, 0.4) is 0 Å². The van der Waals surface area contributed by atoms with Gasteiger partial charge in [-0.15, -0.1) is 0 Å². The van der Waals surface area contributed by atoms with E-state index in [1.165, 1.54) is 16.7 Å². The van der Waals surface area contributed by atoms with Gasteiger partial charge in [0.1, 0.15) is 6.29 Å². The smallest absolute Gasteiger partial charge is 0.150 e. The van der Waals surface area contributed by atoms with Crippen molar-refractivity contribution in [3.63, 3.8) is 0 Å². The Bertz CT molecular complexity index is 439. The van der Waals surface area contributed by atoms with Crippen LogP contribution in [0.15, 0.2) is 35.9 Å². The van der Waals surface area contributed by atoms with Gasteiger partial charge in [-0.2, -0.15) is 0 Å². The fraction of sp³-hybridized carbons (Fsp3) is 0.214. The molecule has 0 aromatic heterocycles. The van der Waals surface area contributed by atoms with Gasteiger partial charge in [0, 0.05) is 5.56 Å². The third-order valence-corrected chi connectivity index (χ3v) is 2.77. The molecule has 0 atom stereocenters. The predicted octanol–water partition coefficient (Wildman–Crippen LogP) is 3.40. The zero-order chi connectivity index (χ0) is 10.7. The summed E-state index contributed by atoms with van der Waals surface area (Å²) in [5.41, 5.74) is 4.58. The van der Waals surface area contributed by atoms with Gasteiger partial charge >= 0.3 is 0 Å². The van der Waals surface area contributed by atoms with Crippen molar-refractivity contribution in [1.82, 2.24) is 0 Å². The highest BCUT2D eigenvalue weighted by molar-refractivity contribution is 5.76. The molecular formula is C14H14O. The van der Waals surface area contributed by atoms with Crippen molar-refractivity contribution >= 4 is 12.4 Å². The molecule has 1 nitrogen and oxygen atoms in total. The normalized spacial score (nSPS) is 14.1. The lowest BCUT2D eigenvalue weighted by molar-refractivity contribution is 0.112. The van der Waals surface area contributed by atoms with Crippen LogP contribution in [0.25, 0.3) is 6.08 Å². The summed E-state index contributed by atoms with van der Waals surface area (Å²) in [5.74, 6) is 0. The van der Waals surface area contributed by atoms with Crippen LogP contribution in [0, 0.1) is 0 Å². The number of hydrogen-bond acceptors (Lipinski definition) is 1. The van der Waals surface area contributed by atoms with Gasteiger partial charge in [0.05, 0.1) is 0 Å². The SMILES string of the molecule is CCC1=CCc2cc(C=O)ccc2C=C1. The Kier molecular flexibility index (Phi) is 2.82. The molecule has 0 N–H and O–H groups in total. The first-order valence-electron chi connectivity index (χ1n) is 5.28. The van der Waals surface area contributed by atoms with Crippen LogP contribution in [0.5, 0.6) is 0 Å². The van der Waals surface area contributed by atoms with Gasteiger partial charge in [-0.05, 0) is 30.0 Å². The van der Waals surface area contributed by atoms with Crippen molar-refractivity contribution in [3.8, 4) is 0 Å². The van der Waals surface area contributed by atoms with E-state index < -0.39 is 0 Å². The molecule has 0 radical (unpaired) electrons. The minimum absolute atomic E-state index is 0.760. The Hall–Kier alpha value is -1.63. The van der Waals surface area contributed by atoms with Crippen LogP contribution >= 0.6 is 0 Å². The molecule has 0 saturated carbocycles. The molecule has 0 amide bonds. The first-order valence-corrected chi connectivity index (χ1v) is 5.28. The van der Waals surface area contributed by atoms with Crippen molar-refractivity contribution in [2.75, 3.05) is 0 Å². The number of carbonyl (C=O) groups is 1. The predicted molar refractivity (Wildman–Crippen MR) is 62.9 cm³/mol. The van der Waals surface area contributed by atoms with E-state index in [4.69, 9.17) is 0 Å². The summed E-state index contributed by atoms with van der Waals surface area (Å²) >= 11 is 0. The van der Waals surface area contributed by atoms with Crippen molar-refractivity contribution < 1.29 is 4.79 Å². The lowest BCUT2D eigenvalue weighted by Crippen LogP contribution is -1.89. The van der Waals surface area contributed by atoms with Gasteiger partial charge in [0.15, 0.2) is 0 Å². The molecule has 15 heavy (non-hydrogen) atoms. The van der Waals surface area contributed by atoms with Gasteiger partial charge < -0.3 is 0 Å². The Morgan fingerprint density at radius 1 is 1.33 bits per heavy atom. The van der Waals surface area contributed by atoms with Crippen molar-refractivity contribution in [1.29, 1.82) is 0 Å². The Morgan fingerprint density at radius 3 is 2.93 bits per heavy atom. The average molecular weight is 198 g/mol. The van der Waals surface area contributed by atoms with Gasteiger partial charge in [-0.25, -0.2) is 0 Å². The van der Waals surface area contributed by atoms with Gasteiger partial charge in [0.25, 0.3) is 0 Å². The minimum Gasteiger partial charge on any atom is -0.298 e. The quantitative estimate of drug-likeness (QED) is 0.665. The van der Waals surface area contributed by atoms with E-state index in [1.807, 2.05) is 18.2 Å². The standard InChI is InChI=1S/C14H14O/c1-2-11-3-6-13-7-5-12(10-15)9-14(13)8-4-11/h3-7,9-10H,2,8H2,1H3. The Labute approximate surface area is 90.1 Å². The summed E-state index contributed by atoms with van der Waals surface area (Å²) in [6.07, 6.45) is 9.41. The maximum absolute atomic E-state index is 10.7. The molecule has 1 aromatic carbocycles. The number of rotatable bonds is 2. The zero-order valence-electron chi connectivity index (χ0n) is 8.86. The van der Waals surface area contributed by atoms with Crippen molar-refractivity contribution in [3.05, 3.63) is 52.6 Å². The summed E-state index contributed by atoms with van der Waals surface area (Å²) in [6.45, 7) is 2.16. The summed E-state index contributed by atoms with van der Waals surface area (Å²) in [4.78, 5) is 10.7. The number of aldehydes is 1. The summed E-state index contributed by atoms with van der Waals surface area (Å²) in [6, 6.07) is 5.86. The van der Waals surface area contributed by atoms with Crippen LogP contribution in [-0.2, 0) is 6.42 Å². The van der Waals surface area contributed by atoms with E-state index in [9.17, 15) is 4.79 Å². The van der Waals surface area contributed by atoms with Crippen LogP contribution in [0.1, 0.15) is 34.8 Å². The fourth-order valence-corrected chi connectivity index (χ4v) is 1.81. The average Bonchev–Trinajstić information content (AvgIpc) is 2.50. The summed E-state index contributed by atoms with van der Waals surface area (Å²) in [7, 11) is 0. The third-order valence-electron chi connectivity index (χ3n) is 2.77. The van der Waals surface area contributed by atoms with Gasteiger partial charge in [-0.1, -0.05) is 42.9 Å². The number of benzene rings is 1. The summed E-state index contributed by atoms with van der Waals surface area (Å²) < 4.78 is 0. The second-order valence-corrected chi connectivity index (χ2v) is 3.75. The van der Waals surface area contributed by atoms with Crippen LogP contribution in [-0.4, -0.2) is 6.29 Å². The Morgan fingerprint density at radius 2 is 2.20 bits per heavy atom. The Balaban J connectivity index is 2.41. The van der Waals surface area contributed by atoms with E-state index in [-0.39, 0.29) is 0 Å². The second kappa shape index (κ2) is 4.26. The molecule has 76 valence electrons. The molecule has 0 aliphatic heterocycles. The maximum atomic E-state index is 10.7.